The van der Waals surface area contributed by atoms with Crippen LogP contribution in [0.25, 0.3) is 0 Å². The lowest BCUT2D eigenvalue weighted by atomic mass is 9.86. The van der Waals surface area contributed by atoms with Crippen molar-refractivity contribution in [3.63, 3.8) is 0 Å². The summed E-state index contributed by atoms with van der Waals surface area (Å²) in [6, 6.07) is 9.14. The van der Waals surface area contributed by atoms with Crippen LogP contribution >= 0.6 is 0 Å². The number of nitrogens with two attached hydrogens (primary N) is 1. The minimum atomic E-state index is 0.524. The Balaban J connectivity index is 2.11. The van der Waals surface area contributed by atoms with E-state index in [1.807, 2.05) is 0 Å². The Bertz CT molecular complexity index is 363. The highest BCUT2D eigenvalue weighted by molar-refractivity contribution is 5.29. The molecule has 18 heavy (non-hydrogen) atoms. The molecule has 2 N–H and O–H groups in total. The van der Waals surface area contributed by atoms with E-state index >= 15 is 0 Å². The van der Waals surface area contributed by atoms with Gasteiger partial charge in [0.1, 0.15) is 0 Å². The van der Waals surface area contributed by atoms with Crippen LogP contribution in [-0.4, -0.2) is 31.6 Å². The molecule has 0 bridgehead atoms. The standard InChI is InChI=1S/C16H26N2/c1-3-13(12-17)15-5-4-6-16(11-15)14-7-9-18(2)10-8-14/h4-6,11,13-14H,3,7-10,12,17H2,1-2H3. The Morgan fingerprint density at radius 3 is 2.67 bits per heavy atom. The van der Waals surface area contributed by atoms with Gasteiger partial charge in [0.15, 0.2) is 0 Å². The number of rotatable bonds is 4. The van der Waals surface area contributed by atoms with Crippen molar-refractivity contribution < 1.29 is 0 Å². The highest BCUT2D eigenvalue weighted by atomic mass is 15.1. The van der Waals surface area contributed by atoms with Crippen molar-refractivity contribution in [2.24, 2.45) is 5.73 Å². The fourth-order valence-electron chi connectivity index (χ4n) is 2.95. The smallest absolute Gasteiger partial charge is 0.000834 e. The minimum Gasteiger partial charge on any atom is -0.330 e. The molecule has 100 valence electrons. The van der Waals surface area contributed by atoms with Gasteiger partial charge in [-0.2, -0.15) is 0 Å². The lowest BCUT2D eigenvalue weighted by Crippen LogP contribution is -2.29. The van der Waals surface area contributed by atoms with Crippen molar-refractivity contribution in [2.45, 2.75) is 38.0 Å². The molecule has 1 aliphatic heterocycles. The van der Waals surface area contributed by atoms with E-state index in [0.29, 0.717) is 5.92 Å². The quantitative estimate of drug-likeness (QED) is 0.885. The van der Waals surface area contributed by atoms with Gasteiger partial charge in [0.05, 0.1) is 0 Å². The van der Waals surface area contributed by atoms with Gasteiger partial charge in [0.25, 0.3) is 0 Å². The van der Waals surface area contributed by atoms with Crippen molar-refractivity contribution >= 4 is 0 Å². The van der Waals surface area contributed by atoms with Crippen LogP contribution in [0.15, 0.2) is 24.3 Å². The predicted molar refractivity (Wildman–Crippen MR) is 78.0 cm³/mol. The molecular formula is C16H26N2. The van der Waals surface area contributed by atoms with E-state index in [4.69, 9.17) is 5.73 Å². The lowest BCUT2D eigenvalue weighted by molar-refractivity contribution is 0.255. The third-order valence-corrected chi connectivity index (χ3v) is 4.35. The summed E-state index contributed by atoms with van der Waals surface area (Å²) in [6.07, 6.45) is 3.71. The Hall–Kier alpha value is -0.860. The molecule has 0 amide bonds. The van der Waals surface area contributed by atoms with Crippen LogP contribution in [0.1, 0.15) is 49.1 Å². The third-order valence-electron chi connectivity index (χ3n) is 4.35. The normalized spacial score (nSPS) is 19.9. The second-order valence-electron chi connectivity index (χ2n) is 5.59. The molecule has 0 saturated carbocycles. The molecule has 1 aromatic carbocycles. The van der Waals surface area contributed by atoms with E-state index in [2.05, 4.69) is 43.1 Å². The molecule has 1 saturated heterocycles. The van der Waals surface area contributed by atoms with E-state index in [0.717, 1.165) is 18.9 Å². The zero-order valence-corrected chi connectivity index (χ0v) is 11.7. The van der Waals surface area contributed by atoms with Crippen LogP contribution in [0.4, 0.5) is 0 Å². The van der Waals surface area contributed by atoms with E-state index in [-0.39, 0.29) is 0 Å². The van der Waals surface area contributed by atoms with Gasteiger partial charge >= 0.3 is 0 Å². The molecule has 0 aromatic heterocycles. The van der Waals surface area contributed by atoms with Crippen LogP contribution in [0.5, 0.6) is 0 Å². The number of hydrogen-bond donors (Lipinski definition) is 1. The van der Waals surface area contributed by atoms with Crippen molar-refractivity contribution in [1.29, 1.82) is 0 Å². The molecule has 1 atom stereocenters. The molecule has 0 aliphatic carbocycles. The highest BCUT2D eigenvalue weighted by Crippen LogP contribution is 2.29. The second kappa shape index (κ2) is 6.35. The van der Waals surface area contributed by atoms with Crippen molar-refractivity contribution in [2.75, 3.05) is 26.7 Å². The monoisotopic (exact) mass is 246 g/mol. The van der Waals surface area contributed by atoms with Crippen LogP contribution in [0, 0.1) is 0 Å². The Morgan fingerprint density at radius 1 is 1.33 bits per heavy atom. The molecule has 2 nitrogen and oxygen atoms in total. The molecule has 2 rings (SSSR count). The molecule has 1 aromatic rings. The van der Waals surface area contributed by atoms with Gasteiger partial charge in [-0.1, -0.05) is 31.2 Å². The fourth-order valence-corrected chi connectivity index (χ4v) is 2.95. The van der Waals surface area contributed by atoms with Gasteiger partial charge in [-0.3, -0.25) is 0 Å². The summed E-state index contributed by atoms with van der Waals surface area (Å²) in [5.41, 5.74) is 8.80. The second-order valence-corrected chi connectivity index (χ2v) is 5.59. The van der Waals surface area contributed by atoms with E-state index in [1.54, 1.807) is 0 Å². The Morgan fingerprint density at radius 2 is 2.06 bits per heavy atom. The highest BCUT2D eigenvalue weighted by Gasteiger charge is 2.19. The molecule has 1 heterocycles. The van der Waals surface area contributed by atoms with Gasteiger partial charge in [-0.15, -0.1) is 0 Å². The van der Waals surface area contributed by atoms with E-state index in [1.165, 1.54) is 37.1 Å². The molecule has 0 spiro atoms. The van der Waals surface area contributed by atoms with Gasteiger partial charge < -0.3 is 10.6 Å². The SMILES string of the molecule is CCC(CN)c1cccc(C2CCN(C)CC2)c1. The predicted octanol–water partition coefficient (Wildman–Crippen LogP) is 2.95. The Kier molecular flexibility index (Phi) is 4.79. The first kappa shape index (κ1) is 13.6. The lowest BCUT2D eigenvalue weighted by Gasteiger charge is -2.29. The Labute approximate surface area is 111 Å². The topological polar surface area (TPSA) is 29.3 Å². The number of likely N-dealkylation sites (tertiary alicyclic amines) is 1. The molecule has 0 radical (unpaired) electrons. The van der Waals surface area contributed by atoms with Crippen molar-refractivity contribution in [3.05, 3.63) is 35.4 Å². The minimum absolute atomic E-state index is 0.524. The zero-order valence-electron chi connectivity index (χ0n) is 11.7. The maximum atomic E-state index is 5.86. The first-order valence-electron chi connectivity index (χ1n) is 7.23. The molecule has 2 heteroatoms. The van der Waals surface area contributed by atoms with Crippen LogP contribution in [-0.2, 0) is 0 Å². The summed E-state index contributed by atoms with van der Waals surface area (Å²) in [5, 5.41) is 0. The zero-order chi connectivity index (χ0) is 13.0. The maximum Gasteiger partial charge on any atom is -0.000834 e. The summed E-state index contributed by atoms with van der Waals surface area (Å²) < 4.78 is 0. The maximum absolute atomic E-state index is 5.86. The summed E-state index contributed by atoms with van der Waals surface area (Å²) >= 11 is 0. The first-order valence-corrected chi connectivity index (χ1v) is 7.23. The summed E-state index contributed by atoms with van der Waals surface area (Å²) in [6.45, 7) is 5.43. The average Bonchev–Trinajstić information content (AvgIpc) is 2.41. The van der Waals surface area contributed by atoms with E-state index in [9.17, 15) is 0 Å². The molecular weight excluding hydrogens is 220 g/mol. The molecule has 1 fully saturated rings. The number of hydrogen-bond acceptors (Lipinski definition) is 2. The van der Waals surface area contributed by atoms with Gasteiger partial charge in [0, 0.05) is 0 Å². The summed E-state index contributed by atoms with van der Waals surface area (Å²) in [4.78, 5) is 2.43. The van der Waals surface area contributed by atoms with Gasteiger partial charge in [-0.25, -0.2) is 0 Å². The number of benzene rings is 1. The van der Waals surface area contributed by atoms with Crippen LogP contribution < -0.4 is 5.73 Å². The van der Waals surface area contributed by atoms with Crippen LogP contribution in [0.3, 0.4) is 0 Å². The van der Waals surface area contributed by atoms with Crippen LogP contribution in [0.2, 0.25) is 0 Å². The molecule has 1 unspecified atom stereocenters. The third kappa shape index (κ3) is 3.12. The number of piperidine rings is 1. The first-order chi connectivity index (χ1) is 8.74. The average molecular weight is 246 g/mol. The number of nitrogens with zero attached hydrogens (tertiary/aromatic N) is 1. The summed E-state index contributed by atoms with van der Waals surface area (Å²) in [7, 11) is 2.22. The van der Waals surface area contributed by atoms with Crippen molar-refractivity contribution in [3.8, 4) is 0 Å². The summed E-state index contributed by atoms with van der Waals surface area (Å²) in [5.74, 6) is 1.27. The van der Waals surface area contributed by atoms with Gasteiger partial charge in [-0.05, 0) is 68.9 Å². The van der Waals surface area contributed by atoms with Crippen molar-refractivity contribution in [1.82, 2.24) is 4.90 Å². The van der Waals surface area contributed by atoms with E-state index < -0.39 is 0 Å². The van der Waals surface area contributed by atoms with Gasteiger partial charge in [0.2, 0.25) is 0 Å². The fraction of sp³-hybridized carbons (Fsp3) is 0.625. The largest absolute Gasteiger partial charge is 0.330 e. The molecule has 1 aliphatic rings.